The van der Waals surface area contributed by atoms with Crippen LogP contribution in [-0.4, -0.2) is 51.2 Å². The summed E-state index contributed by atoms with van der Waals surface area (Å²) in [4.78, 5) is 18.8. The molecule has 1 fully saturated rings. The van der Waals surface area contributed by atoms with E-state index in [1.807, 2.05) is 11.6 Å². The van der Waals surface area contributed by atoms with E-state index in [1.165, 1.54) is 37.7 Å². The molecular formula is C19H31N5O. The largest absolute Gasteiger partial charge is 0.354 e. The summed E-state index contributed by atoms with van der Waals surface area (Å²) in [5.41, 5.74) is 1.52. The molecule has 0 aromatic carbocycles. The van der Waals surface area contributed by atoms with Gasteiger partial charge in [0.25, 0.3) is 0 Å². The van der Waals surface area contributed by atoms with Crippen molar-refractivity contribution in [2.75, 3.05) is 19.6 Å². The van der Waals surface area contributed by atoms with Gasteiger partial charge in [0.15, 0.2) is 0 Å². The van der Waals surface area contributed by atoms with Gasteiger partial charge in [-0.25, -0.2) is 4.98 Å². The number of rotatable bonds is 7. The van der Waals surface area contributed by atoms with Gasteiger partial charge in [-0.1, -0.05) is 11.6 Å². The van der Waals surface area contributed by atoms with Crippen LogP contribution in [0.15, 0.2) is 24.3 Å². The molecule has 6 nitrogen and oxygen atoms in total. The van der Waals surface area contributed by atoms with Crippen LogP contribution in [0.3, 0.4) is 0 Å². The normalized spacial score (nSPS) is 23.1. The Labute approximate surface area is 150 Å². The van der Waals surface area contributed by atoms with Crippen LogP contribution in [0.5, 0.6) is 0 Å². The number of carbonyl (C=O) groups is 1. The lowest BCUT2D eigenvalue weighted by Gasteiger charge is -2.36. The zero-order chi connectivity index (χ0) is 17.5. The van der Waals surface area contributed by atoms with Crippen LogP contribution in [0.25, 0.3) is 0 Å². The van der Waals surface area contributed by atoms with E-state index in [2.05, 4.69) is 26.4 Å². The third-order valence-electron chi connectivity index (χ3n) is 5.52. The van der Waals surface area contributed by atoms with E-state index in [1.54, 1.807) is 12.7 Å². The second-order valence-corrected chi connectivity index (χ2v) is 7.45. The molecule has 2 unspecified atom stereocenters. The van der Waals surface area contributed by atoms with Crippen molar-refractivity contribution in [3.8, 4) is 0 Å². The number of piperidine rings is 1. The monoisotopic (exact) mass is 345 g/mol. The van der Waals surface area contributed by atoms with Gasteiger partial charge in [-0.15, -0.1) is 0 Å². The molecule has 1 aliphatic heterocycles. The number of nitrogens with zero attached hydrogens (tertiary/aromatic N) is 4. The summed E-state index contributed by atoms with van der Waals surface area (Å²) in [6, 6.07) is -0.0566. The number of carbonyl (C=O) groups excluding carboxylic acids is 1. The molecule has 1 saturated heterocycles. The first-order valence-corrected chi connectivity index (χ1v) is 9.74. The molecule has 3 rings (SSSR count). The van der Waals surface area contributed by atoms with Gasteiger partial charge in [0.2, 0.25) is 5.91 Å². The third-order valence-corrected chi connectivity index (χ3v) is 5.52. The van der Waals surface area contributed by atoms with Crippen molar-refractivity contribution in [2.45, 2.75) is 64.5 Å². The number of hydrogen-bond donors (Lipinski definition) is 1. The summed E-state index contributed by atoms with van der Waals surface area (Å²) in [5.74, 6) is 0.705. The fraction of sp³-hybridized carbons (Fsp3) is 0.737. The van der Waals surface area contributed by atoms with E-state index in [0.29, 0.717) is 5.92 Å². The molecule has 6 heteroatoms. The number of nitrogens with one attached hydrogen (secondary N) is 1. The zero-order valence-corrected chi connectivity index (χ0v) is 15.4. The summed E-state index contributed by atoms with van der Waals surface area (Å²) in [7, 11) is 0. The van der Waals surface area contributed by atoms with E-state index in [4.69, 9.17) is 0 Å². The van der Waals surface area contributed by atoms with Crippen LogP contribution >= 0.6 is 0 Å². The summed E-state index contributed by atoms with van der Waals surface area (Å²) >= 11 is 0. The number of amides is 1. The fourth-order valence-electron chi connectivity index (χ4n) is 3.98. The summed E-state index contributed by atoms with van der Waals surface area (Å²) < 4.78 is 1.90. The molecule has 25 heavy (non-hydrogen) atoms. The minimum atomic E-state index is -0.0566. The van der Waals surface area contributed by atoms with Crippen LogP contribution in [0, 0.1) is 5.92 Å². The Morgan fingerprint density at radius 1 is 1.40 bits per heavy atom. The first-order valence-electron chi connectivity index (χ1n) is 9.74. The van der Waals surface area contributed by atoms with Crippen LogP contribution < -0.4 is 5.32 Å². The molecular weight excluding hydrogens is 314 g/mol. The Morgan fingerprint density at radius 3 is 3.08 bits per heavy atom. The predicted octanol–water partition coefficient (Wildman–Crippen LogP) is 2.39. The minimum Gasteiger partial charge on any atom is -0.354 e. The van der Waals surface area contributed by atoms with Crippen molar-refractivity contribution < 1.29 is 4.79 Å². The molecule has 0 bridgehead atoms. The highest BCUT2D eigenvalue weighted by Crippen LogP contribution is 2.21. The number of aromatic nitrogens is 3. The topological polar surface area (TPSA) is 63.1 Å². The van der Waals surface area contributed by atoms with Gasteiger partial charge in [0.05, 0.1) is 6.04 Å². The summed E-state index contributed by atoms with van der Waals surface area (Å²) in [6.07, 6.45) is 14.1. The minimum absolute atomic E-state index is 0.0566. The molecule has 1 aromatic heterocycles. The molecule has 2 aliphatic rings. The number of likely N-dealkylation sites (tertiary alicyclic amines) is 1. The zero-order valence-electron chi connectivity index (χ0n) is 15.4. The summed E-state index contributed by atoms with van der Waals surface area (Å²) in [6.45, 7) is 5.66. The van der Waals surface area contributed by atoms with E-state index in [0.717, 1.165) is 39.0 Å². The average Bonchev–Trinajstić information content (AvgIpc) is 3.15. The Morgan fingerprint density at radius 2 is 2.32 bits per heavy atom. The maximum Gasteiger partial charge on any atom is 0.237 e. The van der Waals surface area contributed by atoms with Crippen molar-refractivity contribution in [3.63, 3.8) is 0 Å². The SMILES string of the molecule is CC(C(=O)NCCC1=CCCCC1)N1CCCC(Cn2cncn2)C1. The highest BCUT2D eigenvalue weighted by molar-refractivity contribution is 5.81. The lowest BCUT2D eigenvalue weighted by Crippen LogP contribution is -2.49. The highest BCUT2D eigenvalue weighted by Gasteiger charge is 2.27. The van der Waals surface area contributed by atoms with Gasteiger partial charge < -0.3 is 5.32 Å². The third kappa shape index (κ3) is 5.39. The highest BCUT2D eigenvalue weighted by atomic mass is 16.2. The van der Waals surface area contributed by atoms with Crippen molar-refractivity contribution in [1.29, 1.82) is 0 Å². The van der Waals surface area contributed by atoms with Gasteiger partial charge in [-0.05, 0) is 64.3 Å². The molecule has 2 atom stereocenters. The van der Waals surface area contributed by atoms with E-state index >= 15 is 0 Å². The van der Waals surface area contributed by atoms with Crippen LogP contribution in [0.2, 0.25) is 0 Å². The van der Waals surface area contributed by atoms with Crippen molar-refractivity contribution in [1.82, 2.24) is 25.0 Å². The van der Waals surface area contributed by atoms with Crippen LogP contribution in [-0.2, 0) is 11.3 Å². The van der Waals surface area contributed by atoms with Gasteiger partial charge in [0, 0.05) is 19.6 Å². The Kier molecular flexibility index (Phi) is 6.62. The summed E-state index contributed by atoms with van der Waals surface area (Å²) in [5, 5.41) is 7.34. The Balaban J connectivity index is 1.42. The van der Waals surface area contributed by atoms with Crippen molar-refractivity contribution >= 4 is 5.91 Å². The maximum absolute atomic E-state index is 12.5. The molecule has 1 N–H and O–H groups in total. The first-order chi connectivity index (χ1) is 12.2. The molecule has 0 saturated carbocycles. The van der Waals surface area contributed by atoms with Gasteiger partial charge in [-0.2, -0.15) is 5.10 Å². The van der Waals surface area contributed by atoms with Crippen molar-refractivity contribution in [3.05, 3.63) is 24.3 Å². The number of allylic oxidation sites excluding steroid dienone is 1. The quantitative estimate of drug-likeness (QED) is 0.771. The second kappa shape index (κ2) is 9.13. The van der Waals surface area contributed by atoms with Crippen LogP contribution in [0.1, 0.15) is 51.9 Å². The van der Waals surface area contributed by atoms with E-state index in [-0.39, 0.29) is 11.9 Å². The van der Waals surface area contributed by atoms with Gasteiger partial charge in [0.1, 0.15) is 12.7 Å². The first kappa shape index (κ1) is 18.1. The Hall–Kier alpha value is -1.69. The lowest BCUT2D eigenvalue weighted by atomic mass is 9.96. The van der Waals surface area contributed by atoms with Crippen molar-refractivity contribution in [2.24, 2.45) is 5.92 Å². The standard InChI is InChI=1S/C19H31N5O/c1-16(19(25)21-10-9-17-6-3-2-4-7-17)23-11-5-8-18(12-23)13-24-15-20-14-22-24/h6,14-16,18H,2-5,7-13H2,1H3,(H,21,25). The molecule has 1 amide bonds. The number of hydrogen-bond acceptors (Lipinski definition) is 4. The second-order valence-electron chi connectivity index (χ2n) is 7.45. The molecule has 0 radical (unpaired) electrons. The van der Waals surface area contributed by atoms with E-state index < -0.39 is 0 Å². The molecule has 0 spiro atoms. The van der Waals surface area contributed by atoms with E-state index in [9.17, 15) is 4.79 Å². The molecule has 1 aromatic rings. The average molecular weight is 345 g/mol. The van der Waals surface area contributed by atoms with Crippen LogP contribution in [0.4, 0.5) is 0 Å². The Bertz CT molecular complexity index is 568. The molecule has 2 heterocycles. The molecule has 138 valence electrons. The van der Waals surface area contributed by atoms with Gasteiger partial charge in [-0.3, -0.25) is 14.4 Å². The smallest absolute Gasteiger partial charge is 0.237 e. The fourth-order valence-corrected chi connectivity index (χ4v) is 3.98. The maximum atomic E-state index is 12.5. The predicted molar refractivity (Wildman–Crippen MR) is 98.0 cm³/mol. The molecule has 1 aliphatic carbocycles. The van der Waals surface area contributed by atoms with Gasteiger partial charge >= 0.3 is 0 Å². The lowest BCUT2D eigenvalue weighted by molar-refractivity contribution is -0.126.